The first-order valence-corrected chi connectivity index (χ1v) is 8.33. The molecule has 0 radical (unpaired) electrons. The number of aromatic nitrogens is 3. The molecule has 0 amide bonds. The zero-order chi connectivity index (χ0) is 12.7. The fourth-order valence-electron chi connectivity index (χ4n) is 3.31. The number of nitrogens with zero attached hydrogens (tertiary/aromatic N) is 5. The van der Waals surface area contributed by atoms with Crippen molar-refractivity contribution in [3.05, 3.63) is 22.1 Å². The zero-order valence-electron chi connectivity index (χ0n) is 10.5. The van der Waals surface area contributed by atoms with Gasteiger partial charge in [-0.2, -0.15) is 0 Å². The first-order chi connectivity index (χ1) is 9.42. The molecule has 2 aromatic rings. The van der Waals surface area contributed by atoms with Gasteiger partial charge in [0.15, 0.2) is 0 Å². The maximum atomic E-state index is 4.41. The van der Waals surface area contributed by atoms with Gasteiger partial charge in [-0.05, 0) is 12.8 Å². The fourth-order valence-corrected chi connectivity index (χ4v) is 4.59. The number of fused-ring (bicyclic) bond motifs is 1. The van der Waals surface area contributed by atoms with Crippen LogP contribution in [0.2, 0.25) is 0 Å². The van der Waals surface area contributed by atoms with Crippen LogP contribution in [0, 0.1) is 0 Å². The maximum Gasteiger partial charge on any atom is 0.208 e. The molecule has 2 fully saturated rings. The van der Waals surface area contributed by atoms with Crippen LogP contribution in [0.3, 0.4) is 0 Å². The molecule has 2 aliphatic rings. The van der Waals surface area contributed by atoms with Gasteiger partial charge >= 0.3 is 0 Å². The van der Waals surface area contributed by atoms with Gasteiger partial charge in [0.2, 0.25) is 5.13 Å². The quantitative estimate of drug-likeness (QED) is 0.864. The Balaban J connectivity index is 1.49. The number of likely N-dealkylation sites (tertiary alicyclic amines) is 1. The molecule has 0 aromatic carbocycles. The Labute approximate surface area is 119 Å². The van der Waals surface area contributed by atoms with Crippen LogP contribution >= 0.6 is 22.7 Å². The first-order valence-electron chi connectivity index (χ1n) is 6.57. The highest BCUT2D eigenvalue weighted by Crippen LogP contribution is 2.36. The van der Waals surface area contributed by atoms with Crippen molar-refractivity contribution >= 4 is 27.8 Å². The summed E-state index contributed by atoms with van der Waals surface area (Å²) in [6, 6.07) is 1.28. The summed E-state index contributed by atoms with van der Waals surface area (Å²) < 4.78 is 0. The molecule has 4 rings (SSSR count). The van der Waals surface area contributed by atoms with E-state index in [4.69, 9.17) is 0 Å². The number of thiazole rings is 1. The van der Waals surface area contributed by atoms with Crippen molar-refractivity contribution in [2.24, 2.45) is 0 Å². The molecule has 0 unspecified atom stereocenters. The largest absolute Gasteiger partial charge is 0.342 e. The van der Waals surface area contributed by atoms with E-state index in [-0.39, 0.29) is 0 Å². The van der Waals surface area contributed by atoms with Gasteiger partial charge in [0.25, 0.3) is 0 Å². The zero-order valence-corrected chi connectivity index (χ0v) is 12.1. The van der Waals surface area contributed by atoms with E-state index in [2.05, 4.69) is 30.4 Å². The smallest absolute Gasteiger partial charge is 0.208 e. The fraction of sp³-hybridized carbons (Fsp3) is 0.583. The topological polar surface area (TPSA) is 45.2 Å². The van der Waals surface area contributed by atoms with Crippen molar-refractivity contribution in [3.63, 3.8) is 0 Å². The van der Waals surface area contributed by atoms with E-state index in [0.717, 1.165) is 18.2 Å². The third-order valence-electron chi connectivity index (χ3n) is 4.11. The third kappa shape index (κ3) is 2.05. The third-order valence-corrected chi connectivity index (χ3v) is 5.60. The molecule has 7 heteroatoms. The van der Waals surface area contributed by atoms with Crippen LogP contribution in [-0.2, 0) is 6.54 Å². The van der Waals surface area contributed by atoms with E-state index in [0.29, 0.717) is 12.1 Å². The minimum atomic E-state index is 0.618. The van der Waals surface area contributed by atoms with E-state index in [1.165, 1.54) is 24.4 Å². The Morgan fingerprint density at radius 1 is 1.21 bits per heavy atom. The van der Waals surface area contributed by atoms with Gasteiger partial charge in [-0.3, -0.25) is 4.90 Å². The van der Waals surface area contributed by atoms with Crippen LogP contribution in [0.1, 0.15) is 17.8 Å². The van der Waals surface area contributed by atoms with Crippen LogP contribution in [0.5, 0.6) is 0 Å². The number of hydrogen-bond acceptors (Lipinski definition) is 7. The van der Waals surface area contributed by atoms with E-state index in [9.17, 15) is 0 Å². The average molecular weight is 293 g/mol. The second kappa shape index (κ2) is 4.81. The Bertz CT molecular complexity index is 526. The summed E-state index contributed by atoms with van der Waals surface area (Å²) in [7, 11) is 0. The van der Waals surface area contributed by atoms with Gasteiger partial charge in [0.1, 0.15) is 10.5 Å². The van der Waals surface area contributed by atoms with Gasteiger partial charge in [-0.15, -0.1) is 21.5 Å². The van der Waals surface area contributed by atoms with E-state index >= 15 is 0 Å². The molecule has 0 saturated carbocycles. The second-order valence-electron chi connectivity index (χ2n) is 5.02. The van der Waals surface area contributed by atoms with Crippen molar-refractivity contribution in [1.29, 1.82) is 0 Å². The van der Waals surface area contributed by atoms with Crippen molar-refractivity contribution in [1.82, 2.24) is 20.1 Å². The Hall–Kier alpha value is -1.05. The highest BCUT2D eigenvalue weighted by molar-refractivity contribution is 7.13. The molecule has 2 aromatic heterocycles. The lowest BCUT2D eigenvalue weighted by atomic mass is 10.1. The van der Waals surface area contributed by atoms with E-state index in [1.54, 1.807) is 22.7 Å². The molecule has 2 aliphatic heterocycles. The summed E-state index contributed by atoms with van der Waals surface area (Å²) in [6.45, 7) is 3.28. The summed E-state index contributed by atoms with van der Waals surface area (Å²) in [5.74, 6) is 0. The lowest BCUT2D eigenvalue weighted by molar-refractivity contribution is 0.245. The molecule has 0 N–H and O–H groups in total. The summed E-state index contributed by atoms with van der Waals surface area (Å²) in [6.07, 6.45) is 4.36. The Morgan fingerprint density at radius 3 is 2.95 bits per heavy atom. The van der Waals surface area contributed by atoms with E-state index in [1.807, 2.05) is 11.7 Å². The molecule has 5 nitrogen and oxygen atoms in total. The molecular weight excluding hydrogens is 278 g/mol. The normalized spacial score (nSPS) is 27.1. The van der Waals surface area contributed by atoms with Crippen LogP contribution in [0.4, 0.5) is 5.13 Å². The average Bonchev–Trinajstić information content (AvgIpc) is 3.15. The number of rotatable bonds is 3. The summed E-state index contributed by atoms with van der Waals surface area (Å²) in [4.78, 5) is 9.44. The molecule has 2 atom stereocenters. The minimum absolute atomic E-state index is 0.618. The number of hydrogen-bond donors (Lipinski definition) is 0. The Morgan fingerprint density at radius 2 is 2.16 bits per heavy atom. The van der Waals surface area contributed by atoms with Gasteiger partial charge < -0.3 is 4.90 Å². The van der Waals surface area contributed by atoms with Gasteiger partial charge in [-0.25, -0.2) is 4.98 Å². The Kier molecular flexibility index (Phi) is 2.97. The SMILES string of the molecule is c1csc(CN2CC[C@@H]3[C@@H]2CCN3c2nncs2)n1. The monoisotopic (exact) mass is 293 g/mol. The molecule has 4 heterocycles. The van der Waals surface area contributed by atoms with Crippen molar-refractivity contribution in [2.75, 3.05) is 18.0 Å². The van der Waals surface area contributed by atoms with Gasteiger partial charge in [0.05, 0.1) is 6.54 Å². The molecule has 0 aliphatic carbocycles. The molecule has 2 saturated heterocycles. The standard InChI is InChI=1S/C12H15N5S2/c1-4-16(7-11-13-3-6-18-11)9-2-5-17(10(1)9)12-15-14-8-19-12/h3,6,8-10H,1-2,4-5,7H2/t9-,10+/m0/s1. The molecule has 19 heavy (non-hydrogen) atoms. The highest BCUT2D eigenvalue weighted by Gasteiger charge is 2.43. The summed E-state index contributed by atoms with van der Waals surface area (Å²) in [5, 5.41) is 12.6. The van der Waals surface area contributed by atoms with Gasteiger partial charge in [-0.1, -0.05) is 11.3 Å². The van der Waals surface area contributed by atoms with Crippen LogP contribution in [0.15, 0.2) is 17.1 Å². The van der Waals surface area contributed by atoms with Crippen molar-refractivity contribution in [2.45, 2.75) is 31.5 Å². The van der Waals surface area contributed by atoms with E-state index < -0.39 is 0 Å². The molecule has 0 spiro atoms. The van der Waals surface area contributed by atoms with Crippen LogP contribution in [0.25, 0.3) is 0 Å². The predicted octanol–water partition coefficient (Wildman–Crippen LogP) is 1.85. The molecular formula is C12H15N5S2. The minimum Gasteiger partial charge on any atom is -0.342 e. The first kappa shape index (κ1) is 11.7. The van der Waals surface area contributed by atoms with Crippen LogP contribution in [-0.4, -0.2) is 45.3 Å². The number of anilines is 1. The highest BCUT2D eigenvalue weighted by atomic mass is 32.1. The predicted molar refractivity (Wildman–Crippen MR) is 76.6 cm³/mol. The lowest BCUT2D eigenvalue weighted by Crippen LogP contribution is -2.36. The van der Waals surface area contributed by atoms with Crippen molar-refractivity contribution < 1.29 is 0 Å². The summed E-state index contributed by atoms with van der Waals surface area (Å²) in [5.41, 5.74) is 1.82. The van der Waals surface area contributed by atoms with Crippen molar-refractivity contribution in [3.8, 4) is 0 Å². The lowest BCUT2D eigenvalue weighted by Gasteiger charge is -2.24. The van der Waals surface area contributed by atoms with Gasteiger partial charge in [0, 0.05) is 36.8 Å². The summed E-state index contributed by atoms with van der Waals surface area (Å²) >= 11 is 3.41. The van der Waals surface area contributed by atoms with Crippen LogP contribution < -0.4 is 4.90 Å². The second-order valence-corrected chi connectivity index (χ2v) is 6.81. The molecule has 100 valence electrons. The molecule has 0 bridgehead atoms. The maximum absolute atomic E-state index is 4.41.